The molecule has 5 nitrogen and oxygen atoms in total. The van der Waals surface area contributed by atoms with E-state index < -0.39 is 6.10 Å². The van der Waals surface area contributed by atoms with Gasteiger partial charge >= 0.3 is 0 Å². The van der Waals surface area contributed by atoms with E-state index in [2.05, 4.69) is 0 Å². The third-order valence-electron chi connectivity index (χ3n) is 3.99. The standard InChI is InChI=1S/C16H23NO4/c1-11(18)10-12-6-3-2-4-9-17(12)16(21)15-13(19)7-5-8-14(15)20/h5,7-8,11-12,18-20H,2-4,6,9-10H2,1H3. The molecule has 0 aromatic heterocycles. The summed E-state index contributed by atoms with van der Waals surface area (Å²) in [5.74, 6) is -0.779. The number of hydrogen-bond acceptors (Lipinski definition) is 4. The average Bonchev–Trinajstić information content (AvgIpc) is 2.63. The second kappa shape index (κ2) is 6.80. The predicted octanol–water partition coefficient (Wildman–Crippen LogP) is 2.25. The molecule has 0 saturated carbocycles. The molecule has 3 N–H and O–H groups in total. The van der Waals surface area contributed by atoms with Crippen molar-refractivity contribution in [3.05, 3.63) is 23.8 Å². The molecule has 2 atom stereocenters. The van der Waals surface area contributed by atoms with Crippen LogP contribution in [0.25, 0.3) is 0 Å². The van der Waals surface area contributed by atoms with Gasteiger partial charge in [0.2, 0.25) is 0 Å². The lowest BCUT2D eigenvalue weighted by atomic mass is 10.0. The second-order valence-electron chi connectivity index (χ2n) is 5.76. The molecule has 1 aromatic carbocycles. The van der Waals surface area contributed by atoms with Crippen LogP contribution in [0.15, 0.2) is 18.2 Å². The first-order valence-electron chi connectivity index (χ1n) is 7.50. The summed E-state index contributed by atoms with van der Waals surface area (Å²) in [4.78, 5) is 14.4. The maximum absolute atomic E-state index is 12.7. The van der Waals surface area contributed by atoms with Gasteiger partial charge in [-0.05, 0) is 38.3 Å². The predicted molar refractivity (Wildman–Crippen MR) is 79.4 cm³/mol. The van der Waals surface area contributed by atoms with Crippen LogP contribution in [-0.2, 0) is 0 Å². The fourth-order valence-electron chi connectivity index (χ4n) is 2.97. The molecule has 1 heterocycles. The number of benzene rings is 1. The highest BCUT2D eigenvalue weighted by molar-refractivity contribution is 5.99. The van der Waals surface area contributed by atoms with E-state index in [1.807, 2.05) is 0 Å². The zero-order valence-electron chi connectivity index (χ0n) is 12.3. The first-order valence-corrected chi connectivity index (χ1v) is 7.50. The highest BCUT2D eigenvalue weighted by Crippen LogP contribution is 2.30. The van der Waals surface area contributed by atoms with Gasteiger partial charge in [-0.15, -0.1) is 0 Å². The summed E-state index contributed by atoms with van der Waals surface area (Å²) in [5, 5.41) is 29.4. The van der Waals surface area contributed by atoms with Gasteiger partial charge in [0.05, 0.1) is 6.10 Å². The van der Waals surface area contributed by atoms with Gasteiger partial charge in [0, 0.05) is 12.6 Å². The smallest absolute Gasteiger partial charge is 0.261 e. The summed E-state index contributed by atoms with van der Waals surface area (Å²) in [6, 6.07) is 4.24. The number of carbonyl (C=O) groups excluding carboxylic acids is 1. The Balaban J connectivity index is 2.29. The maximum atomic E-state index is 12.7. The Morgan fingerprint density at radius 1 is 1.29 bits per heavy atom. The Morgan fingerprint density at radius 2 is 1.95 bits per heavy atom. The van der Waals surface area contributed by atoms with Crippen molar-refractivity contribution in [1.29, 1.82) is 0 Å². The SMILES string of the molecule is CC(O)CC1CCCCCN1C(=O)c1c(O)cccc1O. The number of phenols is 2. The van der Waals surface area contributed by atoms with Gasteiger partial charge in [-0.3, -0.25) is 4.79 Å². The normalized spacial score (nSPS) is 20.9. The molecule has 2 unspecified atom stereocenters. The topological polar surface area (TPSA) is 81.0 Å². The largest absolute Gasteiger partial charge is 0.507 e. The molecule has 21 heavy (non-hydrogen) atoms. The number of aliphatic hydroxyl groups excluding tert-OH is 1. The van der Waals surface area contributed by atoms with Crippen molar-refractivity contribution in [2.24, 2.45) is 0 Å². The van der Waals surface area contributed by atoms with Gasteiger partial charge in [0.1, 0.15) is 17.1 Å². The van der Waals surface area contributed by atoms with E-state index in [-0.39, 0.29) is 29.0 Å². The van der Waals surface area contributed by atoms with Crippen LogP contribution in [0.4, 0.5) is 0 Å². The third-order valence-corrected chi connectivity index (χ3v) is 3.99. The molecule has 1 aromatic rings. The monoisotopic (exact) mass is 293 g/mol. The van der Waals surface area contributed by atoms with Crippen LogP contribution in [0.3, 0.4) is 0 Å². The number of nitrogens with zero attached hydrogens (tertiary/aromatic N) is 1. The minimum atomic E-state index is -0.485. The number of rotatable bonds is 3. The van der Waals surface area contributed by atoms with Crippen molar-refractivity contribution >= 4 is 5.91 Å². The Morgan fingerprint density at radius 3 is 2.57 bits per heavy atom. The van der Waals surface area contributed by atoms with Crippen molar-refractivity contribution in [1.82, 2.24) is 4.90 Å². The molecular weight excluding hydrogens is 270 g/mol. The van der Waals surface area contributed by atoms with Crippen molar-refractivity contribution in [3.8, 4) is 11.5 Å². The van der Waals surface area contributed by atoms with E-state index in [1.165, 1.54) is 18.2 Å². The average molecular weight is 293 g/mol. The van der Waals surface area contributed by atoms with Gasteiger partial charge < -0.3 is 20.2 Å². The van der Waals surface area contributed by atoms with Crippen molar-refractivity contribution in [3.63, 3.8) is 0 Å². The minimum absolute atomic E-state index is 0.0463. The number of carbonyl (C=O) groups is 1. The van der Waals surface area contributed by atoms with E-state index in [9.17, 15) is 20.1 Å². The summed E-state index contributed by atoms with van der Waals surface area (Å²) in [6.07, 6.45) is 3.84. The Labute approximate surface area is 124 Å². The van der Waals surface area contributed by atoms with E-state index >= 15 is 0 Å². The van der Waals surface area contributed by atoms with E-state index in [0.717, 1.165) is 25.7 Å². The quantitative estimate of drug-likeness (QED) is 0.798. The van der Waals surface area contributed by atoms with E-state index in [1.54, 1.807) is 11.8 Å². The van der Waals surface area contributed by atoms with E-state index in [4.69, 9.17) is 0 Å². The van der Waals surface area contributed by atoms with Crippen LogP contribution in [0, 0.1) is 0 Å². The summed E-state index contributed by atoms with van der Waals surface area (Å²) in [6.45, 7) is 2.30. The molecule has 1 aliphatic heterocycles. The first kappa shape index (κ1) is 15.6. The lowest BCUT2D eigenvalue weighted by Crippen LogP contribution is -2.41. The third kappa shape index (κ3) is 3.67. The molecule has 0 radical (unpaired) electrons. The van der Waals surface area contributed by atoms with Gasteiger partial charge in [-0.2, -0.15) is 0 Å². The number of amides is 1. The molecule has 0 bridgehead atoms. The Hall–Kier alpha value is -1.75. The molecule has 1 amide bonds. The number of aromatic hydroxyl groups is 2. The molecule has 116 valence electrons. The number of aliphatic hydroxyl groups is 1. The summed E-state index contributed by atoms with van der Waals surface area (Å²) >= 11 is 0. The summed E-state index contributed by atoms with van der Waals surface area (Å²) in [7, 11) is 0. The van der Waals surface area contributed by atoms with Crippen molar-refractivity contribution in [2.45, 2.75) is 51.2 Å². The molecule has 5 heteroatoms. The lowest BCUT2D eigenvalue weighted by Gasteiger charge is -2.31. The van der Waals surface area contributed by atoms with Crippen LogP contribution in [0.5, 0.6) is 11.5 Å². The minimum Gasteiger partial charge on any atom is -0.507 e. The second-order valence-corrected chi connectivity index (χ2v) is 5.76. The van der Waals surface area contributed by atoms with Crippen LogP contribution in [0.2, 0.25) is 0 Å². The Kier molecular flexibility index (Phi) is 5.07. The number of likely N-dealkylation sites (tertiary alicyclic amines) is 1. The fourth-order valence-corrected chi connectivity index (χ4v) is 2.97. The molecule has 1 aliphatic rings. The Bertz CT molecular complexity index is 481. The van der Waals surface area contributed by atoms with Crippen LogP contribution < -0.4 is 0 Å². The van der Waals surface area contributed by atoms with Crippen LogP contribution >= 0.6 is 0 Å². The van der Waals surface area contributed by atoms with Crippen molar-refractivity contribution in [2.75, 3.05) is 6.54 Å². The summed E-state index contributed by atoms with van der Waals surface area (Å²) in [5.41, 5.74) is -0.0463. The van der Waals surface area contributed by atoms with Crippen molar-refractivity contribution < 1.29 is 20.1 Å². The molecule has 0 spiro atoms. The first-order chi connectivity index (χ1) is 10.0. The fraction of sp³-hybridized carbons (Fsp3) is 0.562. The van der Waals surface area contributed by atoms with Gasteiger partial charge in [-0.25, -0.2) is 0 Å². The number of phenolic OH excluding ortho intramolecular Hbond substituents is 2. The highest BCUT2D eigenvalue weighted by Gasteiger charge is 2.30. The number of hydrogen-bond donors (Lipinski definition) is 3. The van der Waals surface area contributed by atoms with E-state index in [0.29, 0.717) is 13.0 Å². The maximum Gasteiger partial charge on any atom is 0.261 e. The molecular formula is C16H23NO4. The van der Waals surface area contributed by atoms with Gasteiger partial charge in [0.15, 0.2) is 0 Å². The van der Waals surface area contributed by atoms with Gasteiger partial charge in [0.25, 0.3) is 5.91 Å². The highest BCUT2D eigenvalue weighted by atomic mass is 16.3. The zero-order valence-corrected chi connectivity index (χ0v) is 12.3. The van der Waals surface area contributed by atoms with Gasteiger partial charge in [-0.1, -0.05) is 18.9 Å². The molecule has 1 fully saturated rings. The zero-order chi connectivity index (χ0) is 15.4. The van der Waals surface area contributed by atoms with Crippen LogP contribution in [-0.4, -0.2) is 44.8 Å². The molecule has 1 saturated heterocycles. The summed E-state index contributed by atoms with van der Waals surface area (Å²) < 4.78 is 0. The molecule has 2 rings (SSSR count). The van der Waals surface area contributed by atoms with Crippen LogP contribution in [0.1, 0.15) is 49.4 Å². The molecule has 0 aliphatic carbocycles. The lowest BCUT2D eigenvalue weighted by molar-refractivity contribution is 0.0601.